The van der Waals surface area contributed by atoms with Crippen LogP contribution in [0.1, 0.15) is 0 Å². The van der Waals surface area contributed by atoms with Crippen LogP contribution in [-0.4, -0.2) is 49.7 Å². The molecule has 0 aromatic heterocycles. The fourth-order valence-electron chi connectivity index (χ4n) is 0. The quantitative estimate of drug-likeness (QED) is 0.295. The maximum atomic E-state index is 8.93. The van der Waals surface area contributed by atoms with E-state index in [1.807, 2.05) is 0 Å². The number of carboxylic acid groups (broad SMARTS) is 2. The molecule has 0 aliphatic heterocycles. The van der Waals surface area contributed by atoms with E-state index in [-0.39, 0.29) is 56.3 Å². The number of quaternary nitrogens is 1. The third-order valence-electron chi connectivity index (χ3n) is 0.167. The van der Waals surface area contributed by atoms with Crippen LogP contribution in [0.4, 0.5) is 0 Å². The van der Waals surface area contributed by atoms with Gasteiger partial charge in [0.2, 0.25) is 0 Å². The van der Waals surface area contributed by atoms with Crippen LogP contribution >= 0.6 is 0 Å². The first kappa shape index (κ1) is 22.7. The summed E-state index contributed by atoms with van der Waals surface area (Å²) in [6.07, 6.45) is 0. The minimum absolute atomic E-state index is 0. The van der Waals surface area contributed by atoms with Crippen LogP contribution in [0, 0.1) is 0 Å². The fraction of sp³-hybridized carbons (Fsp3) is 0. The molecule has 50 valence electrons. The van der Waals surface area contributed by atoms with Crippen LogP contribution in [0.3, 0.4) is 0 Å². The van der Waals surface area contributed by atoms with E-state index >= 15 is 0 Å². The third-order valence-corrected chi connectivity index (χ3v) is 0.167. The van der Waals surface area contributed by atoms with Crippen molar-refractivity contribution in [3.63, 3.8) is 0 Å². The Morgan fingerprint density at radius 2 is 1.11 bits per heavy atom. The number of carbonyl (C=O) groups excluding carboxylic acids is 2. The van der Waals surface area contributed by atoms with Crippen molar-refractivity contribution in [2.24, 2.45) is 0 Å². The van der Waals surface area contributed by atoms with E-state index in [1.54, 1.807) is 0 Å². The van der Waals surface area contributed by atoms with Gasteiger partial charge in [-0.15, -0.1) is 0 Å². The van der Waals surface area contributed by atoms with Gasteiger partial charge >= 0.3 is 37.7 Å². The molecule has 0 amide bonds. The Labute approximate surface area is 87.4 Å². The first-order valence-electron chi connectivity index (χ1n) is 1.07. The minimum atomic E-state index is -2.19. The van der Waals surface area contributed by atoms with E-state index in [9.17, 15) is 0 Å². The monoisotopic (exact) mass is 181 g/mol. The predicted molar refractivity (Wildman–Crippen MR) is 21.8 cm³/mol. The summed E-state index contributed by atoms with van der Waals surface area (Å²) >= 11 is 0. The predicted octanol–water partition coefficient (Wildman–Crippen LogP) is -6.51. The molecule has 0 fully saturated rings. The molecule has 0 aromatic rings. The molecule has 4 N–H and O–H groups in total. The SMILES string of the molecule is O=C([O-])C(=O)[O-].[Ca+2].[Cl-].[NH4+]. The molecule has 0 aromatic carbocycles. The molecule has 5 nitrogen and oxygen atoms in total. The Hall–Kier alpha value is 0.450. The molecule has 0 rings (SSSR count). The topological polar surface area (TPSA) is 117 Å². The van der Waals surface area contributed by atoms with Gasteiger partial charge in [-0.2, -0.15) is 0 Å². The zero-order valence-corrected chi connectivity index (χ0v) is 7.68. The maximum Gasteiger partial charge on any atom is 2.00 e. The number of carboxylic acids is 2. The van der Waals surface area contributed by atoms with Crippen molar-refractivity contribution in [1.29, 1.82) is 0 Å². The Balaban J connectivity index is -0.0000000417. The average molecular weight is 182 g/mol. The molecule has 0 bridgehead atoms. The number of hydrogen-bond acceptors (Lipinski definition) is 4. The molecule has 0 saturated heterocycles. The van der Waals surface area contributed by atoms with Gasteiger partial charge in [-0.25, -0.2) is 0 Å². The Kier molecular flexibility index (Phi) is 28.5. The van der Waals surface area contributed by atoms with E-state index in [0.717, 1.165) is 0 Å². The largest absolute Gasteiger partial charge is 2.00 e. The fourth-order valence-corrected chi connectivity index (χ4v) is 0. The van der Waals surface area contributed by atoms with Crippen molar-refractivity contribution in [2.45, 2.75) is 0 Å². The number of aliphatic carboxylic acids is 2. The minimum Gasteiger partial charge on any atom is -1.00 e. The van der Waals surface area contributed by atoms with E-state index in [1.165, 1.54) is 0 Å². The van der Waals surface area contributed by atoms with Crippen molar-refractivity contribution >= 4 is 49.7 Å². The molecule has 0 saturated carbocycles. The van der Waals surface area contributed by atoms with Gasteiger partial charge in [0, 0.05) is 0 Å². The van der Waals surface area contributed by atoms with Crippen molar-refractivity contribution < 1.29 is 32.2 Å². The summed E-state index contributed by atoms with van der Waals surface area (Å²) in [7, 11) is 0. The number of halogens is 1. The third kappa shape index (κ3) is 17.8. The summed E-state index contributed by atoms with van der Waals surface area (Å²) in [5.41, 5.74) is 0. The second kappa shape index (κ2) is 11.3. The van der Waals surface area contributed by atoms with Gasteiger partial charge in [0.05, 0.1) is 11.9 Å². The summed E-state index contributed by atoms with van der Waals surface area (Å²) < 4.78 is 0. The first-order valence-corrected chi connectivity index (χ1v) is 1.07. The number of carbonyl (C=O) groups is 2. The number of rotatable bonds is 0. The number of hydrogen-bond donors (Lipinski definition) is 1. The van der Waals surface area contributed by atoms with Crippen molar-refractivity contribution in [3.05, 3.63) is 0 Å². The molecule has 0 aliphatic carbocycles. The Bertz CT molecular complexity index is 84.6. The van der Waals surface area contributed by atoms with E-state index in [2.05, 4.69) is 0 Å². The van der Waals surface area contributed by atoms with Gasteiger partial charge in [-0.1, -0.05) is 0 Å². The molecule has 0 unspecified atom stereocenters. The standard InChI is InChI=1S/C2H2O4.Ca.ClH.H3N/c3-1(4)2(5)6;;;/h(H,3,4)(H,5,6);;1H;1H3/q;+2;;/p-2. The van der Waals surface area contributed by atoms with Crippen LogP contribution in [0.15, 0.2) is 0 Å². The molecule has 0 heterocycles. The second-order valence-corrected chi connectivity index (χ2v) is 0.575. The van der Waals surface area contributed by atoms with Crippen molar-refractivity contribution in [3.8, 4) is 0 Å². The zero-order chi connectivity index (χ0) is 5.15. The summed E-state index contributed by atoms with van der Waals surface area (Å²) in [6, 6.07) is 0. The smallest absolute Gasteiger partial charge is 1.00 e. The van der Waals surface area contributed by atoms with Gasteiger partial charge in [0.15, 0.2) is 0 Å². The van der Waals surface area contributed by atoms with E-state index < -0.39 is 11.9 Å². The maximum absolute atomic E-state index is 8.93. The normalized spacial score (nSPS) is 4.89. The molecular formula is C2H4CaClNO4. The van der Waals surface area contributed by atoms with Crippen LogP contribution < -0.4 is 28.8 Å². The molecule has 0 atom stereocenters. The van der Waals surface area contributed by atoms with Crippen LogP contribution in [0.5, 0.6) is 0 Å². The van der Waals surface area contributed by atoms with Crippen molar-refractivity contribution in [2.75, 3.05) is 0 Å². The average Bonchev–Trinajstić information content (AvgIpc) is 1.36. The molecule has 0 radical (unpaired) electrons. The molecule has 0 spiro atoms. The Morgan fingerprint density at radius 1 is 1.00 bits per heavy atom. The van der Waals surface area contributed by atoms with Crippen LogP contribution in [0.25, 0.3) is 0 Å². The Morgan fingerprint density at radius 3 is 1.11 bits per heavy atom. The van der Waals surface area contributed by atoms with Gasteiger partial charge in [-0.05, 0) is 0 Å². The van der Waals surface area contributed by atoms with Crippen LogP contribution in [-0.2, 0) is 9.59 Å². The molecule has 9 heavy (non-hydrogen) atoms. The van der Waals surface area contributed by atoms with Crippen molar-refractivity contribution in [1.82, 2.24) is 6.15 Å². The molecule has 7 heteroatoms. The summed E-state index contributed by atoms with van der Waals surface area (Å²) in [5, 5.41) is 17.9. The van der Waals surface area contributed by atoms with E-state index in [4.69, 9.17) is 19.8 Å². The summed E-state index contributed by atoms with van der Waals surface area (Å²) in [6.45, 7) is 0. The summed E-state index contributed by atoms with van der Waals surface area (Å²) in [4.78, 5) is 17.9. The summed E-state index contributed by atoms with van der Waals surface area (Å²) in [5.74, 6) is -4.37. The van der Waals surface area contributed by atoms with Gasteiger partial charge in [0.25, 0.3) is 0 Å². The first-order chi connectivity index (χ1) is 2.64. The van der Waals surface area contributed by atoms with Gasteiger partial charge in [0.1, 0.15) is 0 Å². The van der Waals surface area contributed by atoms with Crippen LogP contribution in [0.2, 0.25) is 0 Å². The van der Waals surface area contributed by atoms with Gasteiger partial charge < -0.3 is 38.4 Å². The van der Waals surface area contributed by atoms with Gasteiger partial charge in [-0.3, -0.25) is 0 Å². The van der Waals surface area contributed by atoms with E-state index in [0.29, 0.717) is 0 Å². The molecule has 0 aliphatic rings. The zero-order valence-electron chi connectivity index (χ0n) is 4.72. The second-order valence-electron chi connectivity index (χ2n) is 0.575. The molecular weight excluding hydrogens is 178 g/mol.